The molecule has 0 radical (unpaired) electrons. The molecule has 0 bridgehead atoms. The number of nitrogens with zero attached hydrogens (tertiary/aromatic N) is 7. The van der Waals surface area contributed by atoms with Gasteiger partial charge in [-0.1, -0.05) is 20.4 Å². The fourth-order valence-electron chi connectivity index (χ4n) is 8.40. The number of benzene rings is 1. The van der Waals surface area contributed by atoms with E-state index in [0.29, 0.717) is 47.7 Å². The summed E-state index contributed by atoms with van der Waals surface area (Å²) in [5.41, 5.74) is 7.39. The summed E-state index contributed by atoms with van der Waals surface area (Å²) in [5.74, 6) is 0.333. The lowest BCUT2D eigenvalue weighted by molar-refractivity contribution is -0.111. The highest BCUT2D eigenvalue weighted by Crippen LogP contribution is 2.40. The molecular weight excluding hydrogens is 670 g/mol. The number of piperazine rings is 1. The van der Waals surface area contributed by atoms with E-state index in [-0.39, 0.29) is 34.6 Å². The average molecular weight is 718 g/mol. The Kier molecular flexibility index (Phi) is 8.73. The second-order valence-corrected chi connectivity index (χ2v) is 15.6. The molecule has 0 unspecified atom stereocenters. The van der Waals surface area contributed by atoms with Gasteiger partial charge in [0.25, 0.3) is 11.5 Å². The lowest BCUT2D eigenvalue weighted by Crippen LogP contribution is -2.59. The van der Waals surface area contributed by atoms with Crippen molar-refractivity contribution in [1.82, 2.24) is 24.0 Å². The van der Waals surface area contributed by atoms with Crippen LogP contribution >= 0.6 is 0 Å². The smallest absolute Gasteiger partial charge is 0.293 e. The summed E-state index contributed by atoms with van der Waals surface area (Å²) in [6.45, 7) is 17.7. The molecule has 1 aromatic carbocycles. The first-order valence-electron chi connectivity index (χ1n) is 18.4. The Labute approximate surface area is 309 Å². The molecule has 1 atom stereocenters. The number of nitrogens with one attached hydrogen (secondary N) is 2. The first kappa shape index (κ1) is 34.8. The van der Waals surface area contributed by atoms with E-state index in [1.807, 2.05) is 31.2 Å². The topological polar surface area (TPSA) is 130 Å². The third-order valence-corrected chi connectivity index (χ3v) is 11.2. The van der Waals surface area contributed by atoms with Crippen LogP contribution in [-0.2, 0) is 36.0 Å². The number of aromatic nitrogens is 4. The number of hydrogen-bond donors (Lipinski definition) is 2. The van der Waals surface area contributed by atoms with Crippen LogP contribution in [-0.4, -0.2) is 87.3 Å². The molecule has 1 aliphatic carbocycles. The Morgan fingerprint density at radius 3 is 2.62 bits per heavy atom. The first-order chi connectivity index (χ1) is 25.4. The Morgan fingerprint density at radius 2 is 1.89 bits per heavy atom. The zero-order valence-electron chi connectivity index (χ0n) is 31.1. The van der Waals surface area contributed by atoms with E-state index in [2.05, 4.69) is 63.4 Å². The van der Waals surface area contributed by atoms with Crippen molar-refractivity contribution in [3.05, 3.63) is 88.2 Å². The van der Waals surface area contributed by atoms with Crippen LogP contribution in [0.15, 0.2) is 60.2 Å². The minimum atomic E-state index is -0.324. The summed E-state index contributed by atoms with van der Waals surface area (Å²) >= 11 is 0. The number of anilines is 5. The molecule has 4 aromatic rings. The van der Waals surface area contributed by atoms with Gasteiger partial charge in [-0.2, -0.15) is 0 Å². The van der Waals surface area contributed by atoms with Crippen molar-refractivity contribution in [2.75, 3.05) is 59.8 Å². The van der Waals surface area contributed by atoms with Crippen molar-refractivity contribution in [2.45, 2.75) is 59.2 Å². The Bertz CT molecular complexity index is 2200. The molecule has 2 fully saturated rings. The standard InChI is InChI=1S/C40H47N9O4/c1-7-35(50)43-30-17-27(8-9-32(30)47-13-12-46(20-24(47)2)28-22-53-23-28)42-36-39(52)45(6)21-31(44-36)29-10-11-41-37(25(29)3)49-15-14-48-33(38(49)51)16-26-18-40(4,5)19-34(26)48/h7-11,16-17,21,24,28H,1,12-15,18-20,22-23H2,2-6H3,(H,42,44)(H,43,50)/t24-/m0/s1. The maximum atomic E-state index is 13.9. The fourth-order valence-corrected chi connectivity index (χ4v) is 8.40. The zero-order valence-corrected chi connectivity index (χ0v) is 31.1. The molecule has 276 valence electrons. The minimum Gasteiger partial charge on any atom is -0.378 e. The molecular formula is C40H47N9O4. The summed E-state index contributed by atoms with van der Waals surface area (Å²) < 4.78 is 9.11. The van der Waals surface area contributed by atoms with Crippen LogP contribution in [0.5, 0.6) is 0 Å². The van der Waals surface area contributed by atoms with Gasteiger partial charge in [0.1, 0.15) is 11.5 Å². The predicted molar refractivity (Wildman–Crippen MR) is 206 cm³/mol. The van der Waals surface area contributed by atoms with Gasteiger partial charge in [0, 0.05) is 80.7 Å². The van der Waals surface area contributed by atoms with Gasteiger partial charge >= 0.3 is 0 Å². The molecule has 0 saturated carbocycles. The molecule has 8 rings (SSSR count). The van der Waals surface area contributed by atoms with E-state index in [9.17, 15) is 14.4 Å². The summed E-state index contributed by atoms with van der Waals surface area (Å²) in [5, 5.41) is 6.20. The van der Waals surface area contributed by atoms with Crippen molar-refractivity contribution in [3.63, 3.8) is 0 Å². The van der Waals surface area contributed by atoms with E-state index in [1.54, 1.807) is 24.3 Å². The van der Waals surface area contributed by atoms with Crippen LogP contribution in [0.1, 0.15) is 48.1 Å². The molecule has 6 heterocycles. The van der Waals surface area contributed by atoms with Gasteiger partial charge in [-0.3, -0.25) is 24.2 Å². The summed E-state index contributed by atoms with van der Waals surface area (Å²) in [4.78, 5) is 56.0. The first-order valence-corrected chi connectivity index (χ1v) is 18.4. The van der Waals surface area contributed by atoms with Crippen LogP contribution in [0.4, 0.5) is 28.7 Å². The van der Waals surface area contributed by atoms with Gasteiger partial charge in [-0.15, -0.1) is 0 Å². The van der Waals surface area contributed by atoms with Crippen molar-refractivity contribution in [3.8, 4) is 11.3 Å². The highest BCUT2D eigenvalue weighted by Gasteiger charge is 2.38. The SMILES string of the molecule is C=CC(=O)Nc1cc(Nc2nc(-c3ccnc(N4CCn5c(cc6c5CC(C)(C)C6)C4=O)c3C)cn(C)c2=O)ccc1N1CCN(C2COC2)C[C@@H]1C. The lowest BCUT2D eigenvalue weighted by Gasteiger charge is -2.46. The average Bonchev–Trinajstić information content (AvgIpc) is 3.59. The van der Waals surface area contributed by atoms with E-state index >= 15 is 0 Å². The van der Waals surface area contributed by atoms with Gasteiger partial charge in [0.2, 0.25) is 5.91 Å². The van der Waals surface area contributed by atoms with Crippen molar-refractivity contribution in [2.24, 2.45) is 12.5 Å². The molecule has 2 amide bonds. The van der Waals surface area contributed by atoms with Crippen molar-refractivity contribution in [1.29, 1.82) is 0 Å². The third-order valence-electron chi connectivity index (χ3n) is 11.2. The lowest BCUT2D eigenvalue weighted by atomic mass is 9.90. The van der Waals surface area contributed by atoms with Gasteiger partial charge in [0.15, 0.2) is 5.82 Å². The monoisotopic (exact) mass is 717 g/mol. The third kappa shape index (κ3) is 6.31. The molecule has 13 heteroatoms. The molecule has 4 aliphatic rings. The van der Waals surface area contributed by atoms with Gasteiger partial charge in [-0.25, -0.2) is 9.97 Å². The van der Waals surface area contributed by atoms with Gasteiger partial charge in [-0.05, 0) is 74.1 Å². The zero-order chi connectivity index (χ0) is 37.2. The highest BCUT2D eigenvalue weighted by molar-refractivity contribution is 6.06. The summed E-state index contributed by atoms with van der Waals surface area (Å²) in [7, 11) is 1.69. The van der Waals surface area contributed by atoms with Crippen LogP contribution in [0, 0.1) is 12.3 Å². The molecule has 13 nitrogen and oxygen atoms in total. The van der Waals surface area contributed by atoms with E-state index in [1.165, 1.54) is 21.9 Å². The number of fused-ring (bicyclic) bond motifs is 3. The van der Waals surface area contributed by atoms with Gasteiger partial charge < -0.3 is 29.4 Å². The summed E-state index contributed by atoms with van der Waals surface area (Å²) in [6, 6.07) is 10.3. The number of rotatable bonds is 8. The number of aryl methyl sites for hydroxylation is 1. The molecule has 0 spiro atoms. The van der Waals surface area contributed by atoms with Crippen LogP contribution in [0.2, 0.25) is 0 Å². The largest absolute Gasteiger partial charge is 0.378 e. The van der Waals surface area contributed by atoms with Crippen LogP contribution in [0.25, 0.3) is 11.3 Å². The van der Waals surface area contributed by atoms with Gasteiger partial charge in [0.05, 0.1) is 36.3 Å². The van der Waals surface area contributed by atoms with Crippen LogP contribution in [0.3, 0.4) is 0 Å². The molecule has 2 saturated heterocycles. The number of carbonyl (C=O) groups is 2. The normalized spacial score (nSPS) is 19.8. The van der Waals surface area contributed by atoms with E-state index in [4.69, 9.17) is 9.72 Å². The van der Waals surface area contributed by atoms with E-state index in [0.717, 1.165) is 62.5 Å². The number of pyridine rings is 1. The van der Waals surface area contributed by atoms with Crippen molar-refractivity contribution < 1.29 is 14.3 Å². The number of ether oxygens (including phenoxy) is 1. The maximum Gasteiger partial charge on any atom is 0.293 e. The molecule has 3 aromatic heterocycles. The minimum absolute atomic E-state index is 0.0565. The quantitative estimate of drug-likeness (QED) is 0.253. The number of amides is 2. The van der Waals surface area contributed by atoms with E-state index < -0.39 is 0 Å². The maximum absolute atomic E-state index is 13.9. The second kappa shape index (κ2) is 13.3. The molecule has 53 heavy (non-hydrogen) atoms. The molecule has 3 aliphatic heterocycles. The van der Waals surface area contributed by atoms with Crippen LogP contribution < -0.4 is 26.0 Å². The summed E-state index contributed by atoms with van der Waals surface area (Å²) in [6.07, 6.45) is 6.58. The highest BCUT2D eigenvalue weighted by atomic mass is 16.5. The van der Waals surface area contributed by atoms with Crippen molar-refractivity contribution >= 4 is 40.5 Å². The predicted octanol–water partition coefficient (Wildman–Crippen LogP) is 4.51. The number of hydrogen-bond acceptors (Lipinski definition) is 9. The number of carbonyl (C=O) groups excluding carboxylic acids is 2. The Morgan fingerprint density at radius 1 is 1.08 bits per heavy atom. The molecule has 2 N–H and O–H groups in total. The Balaban J connectivity index is 1.07. The Hall–Kier alpha value is -5.27. The fraction of sp³-hybridized carbons (Fsp3) is 0.425. The second-order valence-electron chi connectivity index (χ2n) is 15.6.